The third kappa shape index (κ3) is 3.65. The summed E-state index contributed by atoms with van der Waals surface area (Å²) in [5, 5.41) is 3.38. The molecule has 1 N–H and O–H groups in total. The zero-order valence-electron chi connectivity index (χ0n) is 12.2. The zero-order valence-corrected chi connectivity index (χ0v) is 13.8. The number of halogens is 1. The van der Waals surface area contributed by atoms with E-state index in [1.807, 2.05) is 29.2 Å². The van der Waals surface area contributed by atoms with Gasteiger partial charge in [-0.05, 0) is 18.1 Å². The van der Waals surface area contributed by atoms with Crippen LogP contribution in [0.5, 0.6) is 0 Å². The molecule has 1 aromatic carbocycles. The maximum atomic E-state index is 12.5. The summed E-state index contributed by atoms with van der Waals surface area (Å²) in [7, 11) is 0. The van der Waals surface area contributed by atoms with Crippen molar-refractivity contribution in [3.63, 3.8) is 0 Å². The summed E-state index contributed by atoms with van der Waals surface area (Å²) in [6.45, 7) is 6.15. The quantitative estimate of drug-likeness (QED) is 0.896. The minimum atomic E-state index is 0.250. The topological polar surface area (TPSA) is 35.6 Å². The van der Waals surface area contributed by atoms with Gasteiger partial charge in [0.05, 0.1) is 6.42 Å². The van der Waals surface area contributed by atoms with Crippen LogP contribution in [0.4, 0.5) is 0 Å². The number of carbonyl (C=O) groups excluding carboxylic acids is 1. The van der Waals surface area contributed by atoms with Crippen LogP contribution in [-0.2, 0) is 11.2 Å². The predicted octanol–water partition coefficient (Wildman–Crippen LogP) is 1.50. The molecule has 4 nitrogen and oxygen atoms in total. The van der Waals surface area contributed by atoms with E-state index in [1.54, 1.807) is 0 Å². The summed E-state index contributed by atoms with van der Waals surface area (Å²) < 4.78 is 1.02. The Hall–Kier alpha value is -0.910. The van der Waals surface area contributed by atoms with Crippen molar-refractivity contribution < 1.29 is 4.79 Å². The van der Waals surface area contributed by atoms with Crippen molar-refractivity contribution in [3.05, 3.63) is 34.3 Å². The molecule has 2 saturated heterocycles. The fraction of sp³-hybridized carbons (Fsp3) is 0.562. The molecular weight excluding hydrogens is 330 g/mol. The molecule has 1 amide bonds. The van der Waals surface area contributed by atoms with E-state index >= 15 is 0 Å². The number of nitrogens with zero attached hydrogens (tertiary/aromatic N) is 2. The molecule has 114 valence electrons. The lowest BCUT2D eigenvalue weighted by Crippen LogP contribution is -2.49. The molecule has 2 aliphatic heterocycles. The number of rotatable bonds is 3. The summed E-state index contributed by atoms with van der Waals surface area (Å²) >= 11 is 3.52. The van der Waals surface area contributed by atoms with Gasteiger partial charge in [0.2, 0.25) is 5.91 Å². The number of likely N-dealkylation sites (tertiary alicyclic amines) is 1. The first kappa shape index (κ1) is 15.0. The Morgan fingerprint density at radius 3 is 2.76 bits per heavy atom. The third-order valence-corrected chi connectivity index (χ3v) is 5.26. The van der Waals surface area contributed by atoms with E-state index in [2.05, 4.69) is 26.1 Å². The largest absolute Gasteiger partial charge is 0.341 e. The molecule has 2 aliphatic rings. The number of amides is 1. The van der Waals surface area contributed by atoms with Crippen LogP contribution < -0.4 is 5.32 Å². The highest BCUT2D eigenvalue weighted by molar-refractivity contribution is 9.10. The van der Waals surface area contributed by atoms with Gasteiger partial charge in [0.25, 0.3) is 0 Å². The smallest absolute Gasteiger partial charge is 0.227 e. The Morgan fingerprint density at radius 1 is 1.24 bits per heavy atom. The van der Waals surface area contributed by atoms with Crippen molar-refractivity contribution in [3.8, 4) is 0 Å². The fourth-order valence-electron chi connectivity index (χ4n) is 3.23. The fourth-order valence-corrected chi connectivity index (χ4v) is 3.66. The summed E-state index contributed by atoms with van der Waals surface area (Å²) in [6, 6.07) is 8.53. The van der Waals surface area contributed by atoms with Gasteiger partial charge in [0.1, 0.15) is 0 Å². The Bertz CT molecular complexity index is 502. The second kappa shape index (κ2) is 6.90. The molecule has 0 saturated carbocycles. The highest BCUT2D eigenvalue weighted by Gasteiger charge is 2.30. The highest BCUT2D eigenvalue weighted by Crippen LogP contribution is 2.20. The highest BCUT2D eigenvalue weighted by atomic mass is 79.9. The van der Waals surface area contributed by atoms with Crippen LogP contribution in [0.15, 0.2) is 28.7 Å². The van der Waals surface area contributed by atoms with E-state index < -0.39 is 0 Å². The zero-order chi connectivity index (χ0) is 14.7. The van der Waals surface area contributed by atoms with Gasteiger partial charge in [-0.2, -0.15) is 0 Å². The monoisotopic (exact) mass is 351 g/mol. The molecule has 3 rings (SSSR count). The molecule has 0 aliphatic carbocycles. The number of hydrogen-bond acceptors (Lipinski definition) is 3. The second-order valence-corrected chi connectivity index (χ2v) is 6.69. The van der Waals surface area contributed by atoms with Crippen LogP contribution in [0.1, 0.15) is 12.0 Å². The molecule has 0 aromatic heterocycles. The molecule has 0 radical (unpaired) electrons. The van der Waals surface area contributed by atoms with E-state index in [-0.39, 0.29) is 5.91 Å². The van der Waals surface area contributed by atoms with Gasteiger partial charge in [-0.1, -0.05) is 34.1 Å². The minimum Gasteiger partial charge on any atom is -0.341 e. The van der Waals surface area contributed by atoms with E-state index in [0.29, 0.717) is 12.5 Å². The molecule has 1 aromatic rings. The van der Waals surface area contributed by atoms with Crippen molar-refractivity contribution in [1.82, 2.24) is 15.1 Å². The van der Waals surface area contributed by atoms with Crippen LogP contribution in [0.3, 0.4) is 0 Å². The average Bonchev–Trinajstić information content (AvgIpc) is 3.00. The standard InChI is InChI=1S/C16H22BrN3O/c17-15-4-2-1-3-13(15)11-16(21)20-8-5-14(12-20)19-9-6-18-7-10-19/h1-4,14,18H,5-12H2. The first-order valence-corrected chi connectivity index (χ1v) is 8.49. The molecule has 1 unspecified atom stereocenters. The summed E-state index contributed by atoms with van der Waals surface area (Å²) in [5.74, 6) is 0.250. The molecule has 21 heavy (non-hydrogen) atoms. The van der Waals surface area contributed by atoms with E-state index in [1.165, 1.54) is 0 Å². The summed E-state index contributed by atoms with van der Waals surface area (Å²) in [4.78, 5) is 17.0. The van der Waals surface area contributed by atoms with Crippen LogP contribution in [0, 0.1) is 0 Å². The van der Waals surface area contributed by atoms with Gasteiger partial charge in [0, 0.05) is 49.8 Å². The van der Waals surface area contributed by atoms with Crippen molar-refractivity contribution in [1.29, 1.82) is 0 Å². The Labute approximate surface area is 134 Å². The molecule has 5 heteroatoms. The lowest BCUT2D eigenvalue weighted by molar-refractivity contribution is -0.129. The number of piperazine rings is 1. The molecule has 0 spiro atoms. The van der Waals surface area contributed by atoms with E-state index in [9.17, 15) is 4.79 Å². The van der Waals surface area contributed by atoms with Crippen LogP contribution in [0.25, 0.3) is 0 Å². The Morgan fingerprint density at radius 2 is 2.00 bits per heavy atom. The van der Waals surface area contributed by atoms with E-state index in [0.717, 1.165) is 55.7 Å². The number of benzene rings is 1. The summed E-state index contributed by atoms with van der Waals surface area (Å²) in [6.07, 6.45) is 1.61. The van der Waals surface area contributed by atoms with Crippen molar-refractivity contribution >= 4 is 21.8 Å². The third-order valence-electron chi connectivity index (χ3n) is 4.48. The lowest BCUT2D eigenvalue weighted by atomic mass is 10.1. The van der Waals surface area contributed by atoms with Gasteiger partial charge in [-0.15, -0.1) is 0 Å². The predicted molar refractivity (Wildman–Crippen MR) is 87.3 cm³/mol. The SMILES string of the molecule is O=C(Cc1ccccc1Br)N1CCC(N2CCNCC2)C1. The molecular formula is C16H22BrN3O. The van der Waals surface area contributed by atoms with Crippen molar-refractivity contribution in [2.75, 3.05) is 39.3 Å². The van der Waals surface area contributed by atoms with Crippen molar-refractivity contribution in [2.45, 2.75) is 18.9 Å². The number of carbonyl (C=O) groups is 1. The van der Waals surface area contributed by atoms with Gasteiger partial charge in [-0.25, -0.2) is 0 Å². The Balaban J connectivity index is 1.55. The lowest BCUT2D eigenvalue weighted by Gasteiger charge is -2.32. The van der Waals surface area contributed by atoms with Gasteiger partial charge in [0.15, 0.2) is 0 Å². The molecule has 2 fully saturated rings. The normalized spacial score (nSPS) is 23.5. The van der Waals surface area contributed by atoms with Gasteiger partial charge < -0.3 is 10.2 Å². The molecule has 2 heterocycles. The van der Waals surface area contributed by atoms with Crippen LogP contribution >= 0.6 is 15.9 Å². The second-order valence-electron chi connectivity index (χ2n) is 5.84. The van der Waals surface area contributed by atoms with E-state index in [4.69, 9.17) is 0 Å². The van der Waals surface area contributed by atoms with Crippen LogP contribution in [-0.4, -0.2) is 61.0 Å². The molecule has 1 atom stereocenters. The van der Waals surface area contributed by atoms with Crippen LogP contribution in [0.2, 0.25) is 0 Å². The van der Waals surface area contributed by atoms with Crippen molar-refractivity contribution in [2.24, 2.45) is 0 Å². The minimum absolute atomic E-state index is 0.250. The first-order valence-electron chi connectivity index (χ1n) is 7.70. The van der Waals surface area contributed by atoms with Gasteiger partial charge >= 0.3 is 0 Å². The number of hydrogen-bond donors (Lipinski definition) is 1. The first-order chi connectivity index (χ1) is 10.2. The van der Waals surface area contributed by atoms with Gasteiger partial charge in [-0.3, -0.25) is 9.69 Å². The maximum Gasteiger partial charge on any atom is 0.227 e. The summed E-state index contributed by atoms with van der Waals surface area (Å²) in [5.41, 5.74) is 1.08. The average molecular weight is 352 g/mol. The number of nitrogens with one attached hydrogen (secondary N) is 1. The Kier molecular flexibility index (Phi) is 4.93. The maximum absolute atomic E-state index is 12.5. The molecule has 0 bridgehead atoms.